The maximum Gasteiger partial charge on any atom is 0.308 e. The Balaban J connectivity index is 0.000000782. The smallest absolute Gasteiger partial charge is 0.308 e. The number of fused-ring (bicyclic) bond motifs is 1. The molecule has 2 aromatic carbocycles. The molecule has 1 aliphatic carbocycles. The van der Waals surface area contributed by atoms with Gasteiger partial charge in [0.05, 0.1) is 18.9 Å². The Bertz CT molecular complexity index is 881. The minimum absolute atomic E-state index is 0.232. The monoisotopic (exact) mass is 478 g/mol. The summed E-state index contributed by atoms with van der Waals surface area (Å²) < 4.78 is 31.4. The summed E-state index contributed by atoms with van der Waals surface area (Å²) in [5.41, 5.74) is 2.55. The average molecular weight is 479 g/mol. The molecule has 2 aromatic rings. The van der Waals surface area contributed by atoms with Gasteiger partial charge in [0.15, 0.2) is 0 Å². The molecule has 0 saturated heterocycles. The Morgan fingerprint density at radius 1 is 1.20 bits per heavy atom. The summed E-state index contributed by atoms with van der Waals surface area (Å²) in [4.78, 5) is 11.7. The zero-order valence-corrected chi connectivity index (χ0v) is 19.2. The van der Waals surface area contributed by atoms with Crippen molar-refractivity contribution in [2.45, 2.75) is 51.2 Å². The molecule has 1 heterocycles. The van der Waals surface area contributed by atoms with Gasteiger partial charge in [-0.25, -0.2) is 4.39 Å². The molecular formula is C24H28BrFO4. The topological polar surface area (TPSA) is 44.8 Å². The lowest BCUT2D eigenvalue weighted by Crippen LogP contribution is -2.33. The summed E-state index contributed by atoms with van der Waals surface area (Å²) in [6, 6.07) is 10.9. The number of ether oxygens (including phenoxy) is 3. The lowest BCUT2D eigenvalue weighted by atomic mass is 9.87. The van der Waals surface area contributed by atoms with Gasteiger partial charge in [-0.05, 0) is 47.7 Å². The van der Waals surface area contributed by atoms with E-state index in [9.17, 15) is 9.18 Å². The summed E-state index contributed by atoms with van der Waals surface area (Å²) in [6.07, 6.45) is 5.10. The van der Waals surface area contributed by atoms with Crippen LogP contribution in [0.4, 0.5) is 4.39 Å². The van der Waals surface area contributed by atoms with Gasteiger partial charge in [0.1, 0.15) is 11.6 Å². The summed E-state index contributed by atoms with van der Waals surface area (Å²) in [5.74, 6) is -0.296. The highest BCUT2D eigenvalue weighted by Crippen LogP contribution is 2.38. The number of benzene rings is 2. The van der Waals surface area contributed by atoms with Crippen molar-refractivity contribution in [2.75, 3.05) is 14.2 Å². The van der Waals surface area contributed by atoms with Gasteiger partial charge in [-0.2, -0.15) is 0 Å². The first kappa shape index (κ1) is 22.8. The molecule has 0 radical (unpaired) electrons. The lowest BCUT2D eigenvalue weighted by Gasteiger charge is -2.33. The Hall–Kier alpha value is -1.92. The third-order valence-corrected chi connectivity index (χ3v) is 5.72. The van der Waals surface area contributed by atoms with E-state index in [4.69, 9.17) is 14.2 Å². The van der Waals surface area contributed by atoms with Gasteiger partial charge < -0.3 is 14.2 Å². The molecule has 1 aliphatic heterocycles. The molecule has 2 aliphatic rings. The fraction of sp³-hybridized carbons (Fsp3) is 0.458. The lowest BCUT2D eigenvalue weighted by molar-refractivity contribution is -0.144. The van der Waals surface area contributed by atoms with Crippen LogP contribution in [0, 0.1) is 11.7 Å². The molecule has 162 valence electrons. The average Bonchev–Trinajstić information content (AvgIpc) is 3.61. The molecule has 0 N–H and O–H groups in total. The summed E-state index contributed by atoms with van der Waals surface area (Å²) in [5, 5.41) is 0. The van der Waals surface area contributed by atoms with E-state index >= 15 is 0 Å². The highest BCUT2D eigenvalue weighted by molar-refractivity contribution is 9.10. The standard InChI is InChI=1S/C21H22BrFO4.C3H6/c1-12(20(24)25-2)8-13-4-7-19-14(9-13)10-17(21(26-3)27-19)16-6-5-15(22)11-18(16)23;1-2-3-1/h4-7,9,11-12,17,21H,8,10H2,1-3H3;1-3H2. The van der Waals surface area contributed by atoms with E-state index in [1.54, 1.807) is 13.2 Å². The second kappa shape index (κ2) is 10.4. The van der Waals surface area contributed by atoms with Crippen LogP contribution in [0.3, 0.4) is 0 Å². The first-order chi connectivity index (χ1) is 14.4. The van der Waals surface area contributed by atoms with Crippen molar-refractivity contribution in [3.8, 4) is 5.75 Å². The first-order valence-corrected chi connectivity index (χ1v) is 11.1. The molecular weight excluding hydrogens is 451 g/mol. The predicted molar refractivity (Wildman–Crippen MR) is 117 cm³/mol. The fourth-order valence-corrected chi connectivity index (χ4v) is 3.82. The number of esters is 1. The number of hydrogen-bond donors (Lipinski definition) is 0. The van der Waals surface area contributed by atoms with Gasteiger partial charge in [0, 0.05) is 11.6 Å². The maximum absolute atomic E-state index is 14.5. The molecule has 6 heteroatoms. The van der Waals surface area contributed by atoms with E-state index in [0.717, 1.165) is 16.9 Å². The van der Waals surface area contributed by atoms with E-state index in [-0.39, 0.29) is 23.6 Å². The van der Waals surface area contributed by atoms with Crippen LogP contribution in [0.15, 0.2) is 40.9 Å². The van der Waals surface area contributed by atoms with E-state index in [1.165, 1.54) is 32.4 Å². The molecule has 1 fully saturated rings. The van der Waals surface area contributed by atoms with E-state index in [0.29, 0.717) is 22.9 Å². The van der Waals surface area contributed by atoms with Crippen LogP contribution in [0.5, 0.6) is 5.75 Å². The molecule has 30 heavy (non-hydrogen) atoms. The van der Waals surface area contributed by atoms with Crippen LogP contribution < -0.4 is 4.74 Å². The van der Waals surface area contributed by atoms with E-state index in [1.807, 2.05) is 31.2 Å². The highest BCUT2D eigenvalue weighted by Gasteiger charge is 2.33. The van der Waals surface area contributed by atoms with Crippen molar-refractivity contribution in [1.29, 1.82) is 0 Å². The third kappa shape index (κ3) is 5.82. The van der Waals surface area contributed by atoms with Crippen LogP contribution in [-0.4, -0.2) is 26.5 Å². The number of methoxy groups -OCH3 is 2. The molecule has 3 atom stereocenters. The summed E-state index contributed by atoms with van der Waals surface area (Å²) in [7, 11) is 2.95. The van der Waals surface area contributed by atoms with Crippen LogP contribution in [0.1, 0.15) is 48.8 Å². The van der Waals surface area contributed by atoms with Crippen LogP contribution in [-0.2, 0) is 27.1 Å². The van der Waals surface area contributed by atoms with Crippen molar-refractivity contribution >= 4 is 21.9 Å². The molecule has 3 unspecified atom stereocenters. The zero-order chi connectivity index (χ0) is 21.7. The number of carbonyl (C=O) groups is 1. The molecule has 0 spiro atoms. The summed E-state index contributed by atoms with van der Waals surface area (Å²) in [6.45, 7) is 1.84. The normalized spacial score (nSPS) is 20.2. The molecule has 1 saturated carbocycles. The molecule has 0 amide bonds. The second-order valence-corrected chi connectivity index (χ2v) is 8.75. The van der Waals surface area contributed by atoms with Crippen LogP contribution in [0.25, 0.3) is 0 Å². The van der Waals surface area contributed by atoms with Crippen LogP contribution in [0.2, 0.25) is 0 Å². The Morgan fingerprint density at radius 3 is 2.53 bits per heavy atom. The van der Waals surface area contributed by atoms with Crippen molar-refractivity contribution in [3.63, 3.8) is 0 Å². The van der Waals surface area contributed by atoms with Gasteiger partial charge in [-0.3, -0.25) is 4.79 Å². The van der Waals surface area contributed by atoms with Gasteiger partial charge in [-0.1, -0.05) is 60.3 Å². The highest BCUT2D eigenvalue weighted by atomic mass is 79.9. The number of rotatable bonds is 5. The number of carbonyl (C=O) groups excluding carboxylic acids is 1. The van der Waals surface area contributed by atoms with Crippen molar-refractivity contribution in [2.24, 2.45) is 5.92 Å². The van der Waals surface area contributed by atoms with Gasteiger partial charge in [0.25, 0.3) is 0 Å². The zero-order valence-electron chi connectivity index (χ0n) is 17.6. The molecule has 4 rings (SSSR count). The first-order valence-electron chi connectivity index (χ1n) is 10.3. The Labute approximate surface area is 185 Å². The maximum atomic E-state index is 14.5. The third-order valence-electron chi connectivity index (χ3n) is 5.23. The van der Waals surface area contributed by atoms with E-state index in [2.05, 4.69) is 15.9 Å². The molecule has 0 bridgehead atoms. The minimum atomic E-state index is -0.562. The quantitative estimate of drug-likeness (QED) is 0.509. The van der Waals surface area contributed by atoms with Crippen LogP contribution >= 0.6 is 15.9 Å². The fourth-order valence-electron chi connectivity index (χ4n) is 3.48. The van der Waals surface area contributed by atoms with Crippen molar-refractivity contribution in [1.82, 2.24) is 0 Å². The number of hydrogen-bond acceptors (Lipinski definition) is 4. The second-order valence-electron chi connectivity index (χ2n) is 7.83. The SMILES string of the molecule is C1CC1.COC(=O)C(C)Cc1ccc2c(c1)CC(c1ccc(Br)cc1F)C(OC)O2. The predicted octanol–water partition coefficient (Wildman–Crippen LogP) is 5.80. The van der Waals surface area contributed by atoms with Gasteiger partial charge >= 0.3 is 5.97 Å². The van der Waals surface area contributed by atoms with Gasteiger partial charge in [-0.15, -0.1) is 0 Å². The molecule has 4 nitrogen and oxygen atoms in total. The van der Waals surface area contributed by atoms with Gasteiger partial charge in [0.2, 0.25) is 6.29 Å². The summed E-state index contributed by atoms with van der Waals surface area (Å²) >= 11 is 3.29. The number of halogens is 2. The Morgan fingerprint density at radius 2 is 1.93 bits per heavy atom. The van der Waals surface area contributed by atoms with Crippen molar-refractivity contribution in [3.05, 3.63) is 63.4 Å². The Kier molecular flexibility index (Phi) is 7.89. The molecule has 0 aromatic heterocycles. The largest absolute Gasteiger partial charge is 0.469 e. The van der Waals surface area contributed by atoms with E-state index < -0.39 is 6.29 Å². The van der Waals surface area contributed by atoms with Crippen molar-refractivity contribution < 1.29 is 23.4 Å². The minimum Gasteiger partial charge on any atom is -0.469 e.